The van der Waals surface area contributed by atoms with E-state index in [0.29, 0.717) is 6.54 Å². The molecule has 0 amide bonds. The van der Waals surface area contributed by atoms with E-state index in [2.05, 4.69) is 9.88 Å². The highest BCUT2D eigenvalue weighted by Crippen LogP contribution is 2.30. The van der Waals surface area contributed by atoms with Crippen molar-refractivity contribution in [3.63, 3.8) is 0 Å². The summed E-state index contributed by atoms with van der Waals surface area (Å²) in [6.07, 6.45) is -2.43. The highest BCUT2D eigenvalue weighted by atomic mass is 19.4. The Morgan fingerprint density at radius 1 is 1.48 bits per heavy atom. The molecule has 1 saturated heterocycles. The maximum Gasteiger partial charge on any atom is 0.433 e. The molecule has 1 fully saturated rings. The molecule has 4 nitrogen and oxygen atoms in total. The molecule has 1 aromatic heterocycles. The van der Waals surface area contributed by atoms with Gasteiger partial charge >= 0.3 is 6.18 Å². The fraction of sp³-hybridized carbons (Fsp3) is 0.571. The van der Waals surface area contributed by atoms with Crippen LogP contribution in [0.1, 0.15) is 24.1 Å². The number of anilines is 1. The van der Waals surface area contributed by atoms with Gasteiger partial charge in [0.25, 0.3) is 0 Å². The molecule has 0 aliphatic carbocycles. The molecular weight excluding hydrogens is 281 g/mol. The molecule has 0 N–H and O–H groups in total. The molecule has 0 radical (unpaired) electrons. The van der Waals surface area contributed by atoms with E-state index in [9.17, 15) is 13.2 Å². The van der Waals surface area contributed by atoms with Crippen LogP contribution in [-0.4, -0.2) is 43.1 Å². The second-order valence-electron chi connectivity index (χ2n) is 5.33. The van der Waals surface area contributed by atoms with Crippen molar-refractivity contribution in [2.75, 3.05) is 32.1 Å². The normalized spacial score (nSPS) is 19.5. The largest absolute Gasteiger partial charge is 0.433 e. The fourth-order valence-electron chi connectivity index (χ4n) is 2.60. The third-order valence-electron chi connectivity index (χ3n) is 3.80. The lowest BCUT2D eigenvalue weighted by Gasteiger charge is -2.27. The summed E-state index contributed by atoms with van der Waals surface area (Å²) in [6.45, 7) is 1.54. The Labute approximate surface area is 121 Å². The minimum atomic E-state index is -4.51. The number of alkyl halides is 3. The van der Waals surface area contributed by atoms with Crippen LogP contribution in [0.2, 0.25) is 0 Å². The molecule has 2 rings (SSSR count). The van der Waals surface area contributed by atoms with Gasteiger partial charge in [0.1, 0.15) is 17.6 Å². The molecule has 1 aliphatic rings. The molecule has 2 heterocycles. The van der Waals surface area contributed by atoms with E-state index < -0.39 is 11.9 Å². The first-order chi connectivity index (χ1) is 9.82. The van der Waals surface area contributed by atoms with Crippen LogP contribution in [-0.2, 0) is 6.18 Å². The van der Waals surface area contributed by atoms with Crippen molar-refractivity contribution in [3.05, 3.63) is 23.4 Å². The molecule has 7 heteroatoms. The molecule has 0 spiro atoms. The minimum absolute atomic E-state index is 0.0904. The zero-order valence-electron chi connectivity index (χ0n) is 12.0. The summed E-state index contributed by atoms with van der Waals surface area (Å²) in [5.41, 5.74) is -0.811. The zero-order chi connectivity index (χ0) is 15.6. The second-order valence-corrected chi connectivity index (χ2v) is 5.33. The summed E-state index contributed by atoms with van der Waals surface area (Å²) in [4.78, 5) is 7.46. The van der Waals surface area contributed by atoms with E-state index in [1.54, 1.807) is 11.9 Å². The van der Waals surface area contributed by atoms with Crippen LogP contribution in [0.15, 0.2) is 12.1 Å². The molecule has 0 saturated carbocycles. The predicted molar refractivity (Wildman–Crippen MR) is 72.9 cm³/mol. The third kappa shape index (κ3) is 3.45. The van der Waals surface area contributed by atoms with E-state index in [1.165, 1.54) is 6.07 Å². The summed E-state index contributed by atoms with van der Waals surface area (Å²) >= 11 is 0. The zero-order valence-corrected chi connectivity index (χ0v) is 12.0. The average molecular weight is 298 g/mol. The number of likely N-dealkylation sites (N-methyl/N-ethyl adjacent to an activating group) is 2. The molecule has 1 aliphatic heterocycles. The molecule has 21 heavy (non-hydrogen) atoms. The Morgan fingerprint density at radius 3 is 2.71 bits per heavy atom. The molecule has 114 valence electrons. The average Bonchev–Trinajstić information content (AvgIpc) is 2.82. The number of hydrogen-bond acceptors (Lipinski definition) is 4. The Balaban J connectivity index is 2.26. The number of nitriles is 1. The quantitative estimate of drug-likeness (QED) is 0.860. The van der Waals surface area contributed by atoms with Crippen LogP contribution in [0.5, 0.6) is 0 Å². The van der Waals surface area contributed by atoms with Gasteiger partial charge in [0, 0.05) is 19.6 Å². The summed E-state index contributed by atoms with van der Waals surface area (Å²) in [7, 11) is 3.67. The van der Waals surface area contributed by atoms with Crippen LogP contribution in [0.3, 0.4) is 0 Å². The number of rotatable bonds is 3. The van der Waals surface area contributed by atoms with Crippen molar-refractivity contribution in [3.8, 4) is 6.07 Å². The lowest BCUT2D eigenvalue weighted by atomic mass is 10.2. The van der Waals surface area contributed by atoms with E-state index in [1.807, 2.05) is 13.1 Å². The van der Waals surface area contributed by atoms with Crippen molar-refractivity contribution in [2.45, 2.75) is 25.1 Å². The number of halogens is 3. The van der Waals surface area contributed by atoms with Gasteiger partial charge in [-0.25, -0.2) is 4.98 Å². The minimum Gasteiger partial charge on any atom is -0.357 e. The predicted octanol–water partition coefficient (Wildman–Crippen LogP) is 2.50. The van der Waals surface area contributed by atoms with Gasteiger partial charge < -0.3 is 9.80 Å². The fourth-order valence-corrected chi connectivity index (χ4v) is 2.60. The number of pyridine rings is 1. The van der Waals surface area contributed by atoms with E-state index in [-0.39, 0.29) is 17.4 Å². The molecule has 0 bridgehead atoms. The summed E-state index contributed by atoms with van der Waals surface area (Å²) < 4.78 is 38.3. The van der Waals surface area contributed by atoms with Gasteiger partial charge in [0.2, 0.25) is 0 Å². The van der Waals surface area contributed by atoms with Gasteiger partial charge in [-0.15, -0.1) is 0 Å². The van der Waals surface area contributed by atoms with Gasteiger partial charge in [0.15, 0.2) is 0 Å². The van der Waals surface area contributed by atoms with Crippen molar-refractivity contribution in [1.82, 2.24) is 9.88 Å². The maximum absolute atomic E-state index is 12.8. The van der Waals surface area contributed by atoms with Gasteiger partial charge in [-0.3, -0.25) is 0 Å². The lowest BCUT2D eigenvalue weighted by Crippen LogP contribution is -2.37. The third-order valence-corrected chi connectivity index (χ3v) is 3.80. The smallest absolute Gasteiger partial charge is 0.357 e. The SMILES string of the molecule is CN(CC1CCCN1C)c1nc(C(F)(F)F)ccc1C#N. The van der Waals surface area contributed by atoms with Crippen molar-refractivity contribution in [1.29, 1.82) is 5.26 Å². The molecule has 1 unspecified atom stereocenters. The van der Waals surface area contributed by atoms with Crippen LogP contribution >= 0.6 is 0 Å². The molecular formula is C14H17F3N4. The maximum atomic E-state index is 12.8. The topological polar surface area (TPSA) is 43.2 Å². The first-order valence-electron chi connectivity index (χ1n) is 6.72. The van der Waals surface area contributed by atoms with Crippen molar-refractivity contribution in [2.24, 2.45) is 0 Å². The summed E-state index contributed by atoms with van der Waals surface area (Å²) in [5, 5.41) is 9.07. The van der Waals surface area contributed by atoms with Gasteiger partial charge in [-0.1, -0.05) is 0 Å². The van der Waals surface area contributed by atoms with Crippen molar-refractivity contribution >= 4 is 5.82 Å². The van der Waals surface area contributed by atoms with Gasteiger partial charge in [-0.2, -0.15) is 18.4 Å². The Kier molecular flexibility index (Phi) is 4.37. The van der Waals surface area contributed by atoms with Gasteiger partial charge in [0.05, 0.1) is 5.56 Å². The Hall–Kier alpha value is -1.81. The summed E-state index contributed by atoms with van der Waals surface area (Å²) in [6, 6.07) is 4.21. The van der Waals surface area contributed by atoms with Gasteiger partial charge in [-0.05, 0) is 38.6 Å². The van der Waals surface area contributed by atoms with Crippen LogP contribution < -0.4 is 4.90 Å². The Bertz CT molecular complexity index is 550. The van der Waals surface area contributed by atoms with Crippen LogP contribution in [0, 0.1) is 11.3 Å². The molecule has 1 aromatic rings. The van der Waals surface area contributed by atoms with E-state index in [0.717, 1.165) is 25.5 Å². The highest BCUT2D eigenvalue weighted by Gasteiger charge is 2.33. The number of likely N-dealkylation sites (tertiary alicyclic amines) is 1. The summed E-state index contributed by atoms with van der Waals surface area (Å²) in [5.74, 6) is 0.0904. The Morgan fingerprint density at radius 2 is 2.19 bits per heavy atom. The molecule has 1 atom stereocenters. The first kappa shape index (κ1) is 15.6. The highest BCUT2D eigenvalue weighted by molar-refractivity contribution is 5.54. The lowest BCUT2D eigenvalue weighted by molar-refractivity contribution is -0.141. The molecule has 0 aromatic carbocycles. The number of aromatic nitrogens is 1. The standard InChI is InChI=1S/C14H17F3N4/c1-20-7-3-4-11(20)9-21(2)13-10(8-18)5-6-12(19-13)14(15,16)17/h5-6,11H,3-4,7,9H2,1-2H3. The monoisotopic (exact) mass is 298 g/mol. The number of hydrogen-bond donors (Lipinski definition) is 0. The van der Waals surface area contributed by atoms with Crippen molar-refractivity contribution < 1.29 is 13.2 Å². The van der Waals surface area contributed by atoms with E-state index in [4.69, 9.17) is 5.26 Å². The number of nitrogens with zero attached hydrogens (tertiary/aromatic N) is 4. The second kappa shape index (κ2) is 5.90. The van der Waals surface area contributed by atoms with Crippen LogP contribution in [0.4, 0.5) is 19.0 Å². The first-order valence-corrected chi connectivity index (χ1v) is 6.72. The van der Waals surface area contributed by atoms with E-state index >= 15 is 0 Å². The van der Waals surface area contributed by atoms with Crippen LogP contribution in [0.25, 0.3) is 0 Å².